The maximum absolute atomic E-state index is 14.0. The van der Waals surface area contributed by atoms with Crippen molar-refractivity contribution in [2.24, 2.45) is 0 Å². The zero-order chi connectivity index (χ0) is 16.6. The van der Waals surface area contributed by atoms with Gasteiger partial charge in [0.15, 0.2) is 0 Å². The summed E-state index contributed by atoms with van der Waals surface area (Å²) in [6.45, 7) is 2.55. The van der Waals surface area contributed by atoms with E-state index in [1.54, 1.807) is 0 Å². The molecule has 2 aliphatic rings. The molecule has 2 N–H and O–H groups in total. The number of carbonyl (C=O) groups is 1. The van der Waals surface area contributed by atoms with Crippen LogP contribution in [0.4, 0.5) is 13.6 Å². The Balaban J connectivity index is 1.79. The van der Waals surface area contributed by atoms with E-state index in [-0.39, 0.29) is 30.7 Å². The summed E-state index contributed by atoms with van der Waals surface area (Å²) < 4.78 is 32.9. The predicted octanol–water partition coefficient (Wildman–Crippen LogP) is 1.96. The summed E-state index contributed by atoms with van der Waals surface area (Å²) in [5.41, 5.74) is 0.0902. The first kappa shape index (κ1) is 16.1. The van der Waals surface area contributed by atoms with Crippen LogP contribution in [0.15, 0.2) is 18.2 Å². The van der Waals surface area contributed by atoms with Crippen LogP contribution in [0.5, 0.6) is 0 Å². The molecular weight excluding hydrogens is 306 g/mol. The fourth-order valence-electron chi connectivity index (χ4n) is 3.27. The first-order chi connectivity index (χ1) is 11.0. The van der Waals surface area contributed by atoms with Crippen LogP contribution < -0.4 is 5.32 Å². The number of ether oxygens (including phenoxy) is 1. The molecule has 5 nitrogen and oxygen atoms in total. The molecule has 2 aliphatic heterocycles. The molecule has 2 amide bonds. The van der Waals surface area contributed by atoms with E-state index in [1.165, 1.54) is 4.90 Å². The maximum atomic E-state index is 14.0. The van der Waals surface area contributed by atoms with Gasteiger partial charge < -0.3 is 20.1 Å². The summed E-state index contributed by atoms with van der Waals surface area (Å²) in [5, 5.41) is 12.8. The molecule has 0 spiro atoms. The van der Waals surface area contributed by atoms with Crippen molar-refractivity contribution in [3.8, 4) is 0 Å². The van der Waals surface area contributed by atoms with Gasteiger partial charge in [0.05, 0.1) is 24.3 Å². The minimum atomic E-state index is -0.759. The smallest absolute Gasteiger partial charge is 0.318 e. The summed E-state index contributed by atoms with van der Waals surface area (Å²) in [5.74, 6) is -1.15. The fourth-order valence-corrected chi connectivity index (χ4v) is 3.27. The van der Waals surface area contributed by atoms with Crippen molar-refractivity contribution in [2.75, 3.05) is 13.2 Å². The first-order valence-electron chi connectivity index (χ1n) is 7.77. The van der Waals surface area contributed by atoms with E-state index in [4.69, 9.17) is 4.74 Å². The summed E-state index contributed by atoms with van der Waals surface area (Å²) in [4.78, 5) is 13.9. The number of aliphatic hydroxyl groups excluding tert-OH is 1. The lowest BCUT2D eigenvalue weighted by Crippen LogP contribution is -2.47. The third kappa shape index (κ3) is 3.30. The lowest BCUT2D eigenvalue weighted by Gasteiger charge is -2.27. The van der Waals surface area contributed by atoms with Gasteiger partial charge >= 0.3 is 6.03 Å². The summed E-state index contributed by atoms with van der Waals surface area (Å²) in [6.07, 6.45) is 0.0498. The number of benzene rings is 1. The topological polar surface area (TPSA) is 61.8 Å². The molecule has 126 valence electrons. The van der Waals surface area contributed by atoms with Crippen LogP contribution in [0.25, 0.3) is 0 Å². The van der Waals surface area contributed by atoms with Gasteiger partial charge in [-0.05, 0) is 38.0 Å². The zero-order valence-corrected chi connectivity index (χ0v) is 12.8. The molecule has 0 radical (unpaired) electrons. The van der Waals surface area contributed by atoms with E-state index >= 15 is 0 Å². The normalized spacial score (nSPS) is 30.7. The number of nitrogens with zero attached hydrogens (tertiary/aromatic N) is 1. The second kappa shape index (κ2) is 6.41. The Kier molecular flexibility index (Phi) is 4.50. The summed E-state index contributed by atoms with van der Waals surface area (Å²) >= 11 is 0. The molecule has 7 heteroatoms. The van der Waals surface area contributed by atoms with Gasteiger partial charge in [-0.25, -0.2) is 13.6 Å². The van der Waals surface area contributed by atoms with Gasteiger partial charge in [-0.15, -0.1) is 0 Å². The van der Waals surface area contributed by atoms with Crippen molar-refractivity contribution < 1.29 is 23.4 Å². The quantitative estimate of drug-likeness (QED) is 0.873. The van der Waals surface area contributed by atoms with Crippen LogP contribution in [0, 0.1) is 11.6 Å². The molecular formula is C16H20F2N2O3. The highest BCUT2D eigenvalue weighted by Crippen LogP contribution is 2.34. The number of halogens is 2. The number of β-amino-alcohol motifs (C(OH)–C–C–N with tert-alkyl or cyclic N) is 1. The van der Waals surface area contributed by atoms with E-state index in [9.17, 15) is 18.7 Å². The molecule has 23 heavy (non-hydrogen) atoms. The third-order valence-electron chi connectivity index (χ3n) is 4.54. The van der Waals surface area contributed by atoms with Gasteiger partial charge in [0.2, 0.25) is 0 Å². The number of nitrogens with one attached hydrogen (secondary N) is 1. The second-order valence-electron chi connectivity index (χ2n) is 6.14. The minimum Gasteiger partial charge on any atom is -0.391 e. The second-order valence-corrected chi connectivity index (χ2v) is 6.14. The highest BCUT2D eigenvalue weighted by atomic mass is 19.1. The van der Waals surface area contributed by atoms with Crippen LogP contribution in [0.2, 0.25) is 0 Å². The van der Waals surface area contributed by atoms with Crippen LogP contribution in [-0.2, 0) is 4.74 Å². The Hall–Kier alpha value is -1.73. The van der Waals surface area contributed by atoms with Gasteiger partial charge in [0, 0.05) is 18.7 Å². The Morgan fingerprint density at radius 1 is 1.43 bits per heavy atom. The average Bonchev–Trinajstić information content (AvgIpc) is 3.08. The summed E-state index contributed by atoms with van der Waals surface area (Å²) in [6, 6.07) is 1.97. The number of amides is 2. The molecule has 4 unspecified atom stereocenters. The van der Waals surface area contributed by atoms with Gasteiger partial charge in [-0.3, -0.25) is 0 Å². The predicted molar refractivity (Wildman–Crippen MR) is 78.8 cm³/mol. The number of carbonyl (C=O) groups excluding carboxylic acids is 1. The van der Waals surface area contributed by atoms with Crippen molar-refractivity contribution >= 4 is 6.03 Å². The molecule has 4 atom stereocenters. The van der Waals surface area contributed by atoms with Crippen LogP contribution in [0.3, 0.4) is 0 Å². The maximum Gasteiger partial charge on any atom is 0.318 e. The fraction of sp³-hybridized carbons (Fsp3) is 0.562. The highest BCUT2D eigenvalue weighted by molar-refractivity contribution is 5.75. The van der Waals surface area contributed by atoms with Gasteiger partial charge in [-0.2, -0.15) is 0 Å². The molecule has 3 rings (SSSR count). The van der Waals surface area contributed by atoms with Gasteiger partial charge in [-0.1, -0.05) is 0 Å². The number of urea groups is 1. The van der Waals surface area contributed by atoms with Crippen molar-refractivity contribution in [2.45, 2.75) is 44.1 Å². The Bertz CT molecular complexity index is 599. The molecule has 2 fully saturated rings. The van der Waals surface area contributed by atoms with Gasteiger partial charge in [0.1, 0.15) is 11.6 Å². The monoisotopic (exact) mass is 326 g/mol. The van der Waals surface area contributed by atoms with Crippen LogP contribution in [0.1, 0.15) is 31.4 Å². The van der Waals surface area contributed by atoms with Crippen molar-refractivity contribution in [1.82, 2.24) is 10.2 Å². The van der Waals surface area contributed by atoms with E-state index in [0.717, 1.165) is 18.2 Å². The molecule has 0 aromatic heterocycles. The van der Waals surface area contributed by atoms with E-state index < -0.39 is 29.8 Å². The van der Waals surface area contributed by atoms with Gasteiger partial charge in [0.25, 0.3) is 0 Å². The van der Waals surface area contributed by atoms with Crippen LogP contribution in [-0.4, -0.2) is 47.4 Å². The van der Waals surface area contributed by atoms with Crippen molar-refractivity contribution in [1.29, 1.82) is 0 Å². The number of hydrogen-bond donors (Lipinski definition) is 2. The number of aliphatic hydroxyl groups is 1. The molecule has 1 aromatic rings. The molecule has 0 aliphatic carbocycles. The van der Waals surface area contributed by atoms with E-state index in [2.05, 4.69) is 5.32 Å². The Morgan fingerprint density at radius 2 is 2.22 bits per heavy atom. The standard InChI is InChI=1S/C16H20F2N2O3/c1-9-14(4-5-23-9)19-16(22)20-8-11(21)7-15(20)12-6-10(17)2-3-13(12)18/h2-3,6,9,11,14-15,21H,4-5,7-8H2,1H3,(H,19,22). The van der Waals surface area contributed by atoms with E-state index in [1.807, 2.05) is 6.92 Å². The molecule has 0 saturated carbocycles. The molecule has 1 aromatic carbocycles. The van der Waals surface area contributed by atoms with Crippen LogP contribution >= 0.6 is 0 Å². The average molecular weight is 326 g/mol. The number of hydrogen-bond acceptors (Lipinski definition) is 3. The molecule has 0 bridgehead atoms. The summed E-state index contributed by atoms with van der Waals surface area (Å²) in [7, 11) is 0. The Morgan fingerprint density at radius 3 is 2.91 bits per heavy atom. The minimum absolute atomic E-state index is 0.0872. The SMILES string of the molecule is CC1OCCC1NC(=O)N1CC(O)CC1c1cc(F)ccc1F. The number of rotatable bonds is 2. The largest absolute Gasteiger partial charge is 0.391 e. The van der Waals surface area contributed by atoms with E-state index in [0.29, 0.717) is 13.0 Å². The first-order valence-corrected chi connectivity index (χ1v) is 7.77. The lowest BCUT2D eigenvalue weighted by molar-refractivity contribution is 0.111. The van der Waals surface area contributed by atoms with Crippen molar-refractivity contribution in [3.05, 3.63) is 35.4 Å². The highest BCUT2D eigenvalue weighted by Gasteiger charge is 2.38. The zero-order valence-electron chi connectivity index (χ0n) is 12.8. The number of likely N-dealkylation sites (tertiary alicyclic amines) is 1. The molecule has 2 saturated heterocycles. The van der Waals surface area contributed by atoms with Crippen molar-refractivity contribution in [3.63, 3.8) is 0 Å². The molecule has 2 heterocycles. The third-order valence-corrected chi connectivity index (χ3v) is 4.54. The Labute approximate surface area is 133 Å². The lowest BCUT2D eigenvalue weighted by atomic mass is 10.0.